The van der Waals surface area contributed by atoms with Crippen LogP contribution in [0.1, 0.15) is 25.6 Å². The first kappa shape index (κ1) is 12.9. The highest BCUT2D eigenvalue weighted by Crippen LogP contribution is 2.21. The van der Waals surface area contributed by atoms with Crippen molar-refractivity contribution in [2.24, 2.45) is 5.92 Å². The molecule has 2 aromatic heterocycles. The summed E-state index contributed by atoms with van der Waals surface area (Å²) < 4.78 is 2.27. The van der Waals surface area contributed by atoms with Gasteiger partial charge in [0.1, 0.15) is 11.3 Å². The second kappa shape index (κ2) is 5.47. The summed E-state index contributed by atoms with van der Waals surface area (Å²) in [7, 11) is 0. The number of piperidine rings is 1. The van der Waals surface area contributed by atoms with E-state index in [1.54, 1.807) is 6.20 Å². The summed E-state index contributed by atoms with van der Waals surface area (Å²) in [4.78, 5) is 9.12. The number of fused-ring (bicyclic) bond motifs is 1. The van der Waals surface area contributed by atoms with Crippen LogP contribution in [0, 0.1) is 5.92 Å². The van der Waals surface area contributed by atoms with Gasteiger partial charge in [0.2, 0.25) is 0 Å². The Hall–Kier alpha value is -1.13. The highest BCUT2D eigenvalue weighted by molar-refractivity contribution is 6.31. The molecule has 1 fully saturated rings. The summed E-state index contributed by atoms with van der Waals surface area (Å²) in [5.41, 5.74) is 1.87. The summed E-state index contributed by atoms with van der Waals surface area (Å²) in [5, 5.41) is 4.12. The number of rotatable bonds is 3. The Morgan fingerprint density at radius 1 is 1.53 bits per heavy atom. The number of hydrogen-bond acceptors (Lipinski definition) is 3. The van der Waals surface area contributed by atoms with Crippen molar-refractivity contribution in [2.75, 3.05) is 13.1 Å². The highest BCUT2D eigenvalue weighted by atomic mass is 35.5. The van der Waals surface area contributed by atoms with Gasteiger partial charge in [-0.1, -0.05) is 18.5 Å². The molecule has 1 unspecified atom stereocenters. The molecule has 1 aliphatic heterocycles. The normalized spacial score (nSPS) is 20.0. The molecule has 0 bridgehead atoms. The monoisotopic (exact) mass is 278 g/mol. The number of imidazole rings is 1. The first-order chi connectivity index (χ1) is 9.28. The predicted molar refractivity (Wildman–Crippen MR) is 77.5 cm³/mol. The molecule has 0 amide bonds. The lowest BCUT2D eigenvalue weighted by Crippen LogP contribution is -2.32. The van der Waals surface area contributed by atoms with Gasteiger partial charge in [-0.3, -0.25) is 0 Å². The third kappa shape index (κ3) is 2.60. The van der Waals surface area contributed by atoms with Crippen LogP contribution in [-0.2, 0) is 13.0 Å². The van der Waals surface area contributed by atoms with Crippen LogP contribution in [0.4, 0.5) is 0 Å². The van der Waals surface area contributed by atoms with Crippen LogP contribution in [0.5, 0.6) is 0 Å². The lowest BCUT2D eigenvalue weighted by molar-refractivity contribution is 0.336. The van der Waals surface area contributed by atoms with Crippen molar-refractivity contribution in [3.05, 3.63) is 23.1 Å². The number of nitrogens with one attached hydrogen (secondary N) is 1. The van der Waals surface area contributed by atoms with Gasteiger partial charge in [0.25, 0.3) is 0 Å². The van der Waals surface area contributed by atoms with Gasteiger partial charge < -0.3 is 9.88 Å². The molecule has 1 saturated heterocycles. The SMILES string of the molecule is CCc1nc2cc(Cl)cnc2n1CC1CCCNC1. The topological polar surface area (TPSA) is 42.7 Å². The van der Waals surface area contributed by atoms with Gasteiger partial charge in [-0.25, -0.2) is 9.97 Å². The Morgan fingerprint density at radius 2 is 2.42 bits per heavy atom. The minimum Gasteiger partial charge on any atom is -0.316 e. The maximum absolute atomic E-state index is 5.99. The van der Waals surface area contributed by atoms with Gasteiger partial charge >= 0.3 is 0 Å². The first-order valence-electron chi connectivity index (χ1n) is 6.99. The molecule has 4 nitrogen and oxygen atoms in total. The van der Waals surface area contributed by atoms with E-state index in [0.29, 0.717) is 10.9 Å². The van der Waals surface area contributed by atoms with Crippen molar-refractivity contribution in [3.63, 3.8) is 0 Å². The van der Waals surface area contributed by atoms with Crippen LogP contribution in [0.15, 0.2) is 12.3 Å². The van der Waals surface area contributed by atoms with Crippen LogP contribution in [0.2, 0.25) is 5.02 Å². The van der Waals surface area contributed by atoms with E-state index in [2.05, 4.69) is 26.8 Å². The molecule has 0 saturated carbocycles. The molecule has 19 heavy (non-hydrogen) atoms. The van der Waals surface area contributed by atoms with Gasteiger partial charge in [0.15, 0.2) is 5.65 Å². The molecule has 3 rings (SSSR count). The van der Waals surface area contributed by atoms with E-state index in [1.807, 2.05) is 6.07 Å². The van der Waals surface area contributed by atoms with E-state index < -0.39 is 0 Å². The Labute approximate surface area is 118 Å². The second-order valence-corrected chi connectivity index (χ2v) is 5.64. The highest BCUT2D eigenvalue weighted by Gasteiger charge is 2.18. The molecule has 102 valence electrons. The fourth-order valence-corrected chi connectivity index (χ4v) is 2.99. The lowest BCUT2D eigenvalue weighted by atomic mass is 9.99. The van der Waals surface area contributed by atoms with Crippen LogP contribution < -0.4 is 5.32 Å². The average molecular weight is 279 g/mol. The smallest absolute Gasteiger partial charge is 0.160 e. The molecule has 3 heterocycles. The Bertz CT molecular complexity index is 572. The van der Waals surface area contributed by atoms with Gasteiger partial charge in [-0.05, 0) is 37.9 Å². The third-order valence-electron chi connectivity index (χ3n) is 3.79. The summed E-state index contributed by atoms with van der Waals surface area (Å²) in [6.07, 6.45) is 5.18. The number of nitrogens with zero attached hydrogens (tertiary/aromatic N) is 3. The summed E-state index contributed by atoms with van der Waals surface area (Å²) in [5.74, 6) is 1.78. The molecule has 1 atom stereocenters. The van der Waals surface area contributed by atoms with Crippen molar-refractivity contribution in [3.8, 4) is 0 Å². The molecular weight excluding hydrogens is 260 g/mol. The standard InChI is InChI=1S/C14H19ClN4/c1-2-13-18-12-6-11(15)8-17-14(12)19(13)9-10-4-3-5-16-7-10/h6,8,10,16H,2-5,7,9H2,1H3. The lowest BCUT2D eigenvalue weighted by Gasteiger charge is -2.23. The molecule has 0 spiro atoms. The van der Waals surface area contributed by atoms with Crippen molar-refractivity contribution < 1.29 is 0 Å². The maximum atomic E-state index is 5.99. The zero-order valence-corrected chi connectivity index (χ0v) is 12.0. The Balaban J connectivity index is 1.95. The zero-order chi connectivity index (χ0) is 13.2. The van der Waals surface area contributed by atoms with E-state index >= 15 is 0 Å². The Kier molecular flexibility index (Phi) is 3.71. The average Bonchev–Trinajstić information content (AvgIpc) is 2.77. The van der Waals surface area contributed by atoms with Crippen LogP contribution >= 0.6 is 11.6 Å². The fourth-order valence-electron chi connectivity index (χ4n) is 2.83. The Morgan fingerprint density at radius 3 is 3.16 bits per heavy atom. The quantitative estimate of drug-likeness (QED) is 0.939. The number of pyridine rings is 1. The maximum Gasteiger partial charge on any atom is 0.160 e. The van der Waals surface area contributed by atoms with Crippen molar-refractivity contribution in [2.45, 2.75) is 32.7 Å². The van der Waals surface area contributed by atoms with Gasteiger partial charge in [0.05, 0.1) is 5.02 Å². The summed E-state index contributed by atoms with van der Waals surface area (Å²) >= 11 is 5.99. The van der Waals surface area contributed by atoms with Crippen molar-refractivity contribution in [1.29, 1.82) is 0 Å². The van der Waals surface area contributed by atoms with Gasteiger partial charge in [-0.2, -0.15) is 0 Å². The number of aromatic nitrogens is 3. The fraction of sp³-hybridized carbons (Fsp3) is 0.571. The predicted octanol–water partition coefficient (Wildman–Crippen LogP) is 2.65. The number of aryl methyl sites for hydroxylation is 1. The molecular formula is C14H19ClN4. The van der Waals surface area contributed by atoms with E-state index in [-0.39, 0.29) is 0 Å². The second-order valence-electron chi connectivity index (χ2n) is 5.20. The largest absolute Gasteiger partial charge is 0.316 e. The first-order valence-corrected chi connectivity index (χ1v) is 7.37. The summed E-state index contributed by atoms with van der Waals surface area (Å²) in [6.45, 7) is 5.38. The molecule has 2 aromatic rings. The number of hydrogen-bond donors (Lipinski definition) is 1. The van der Waals surface area contributed by atoms with Gasteiger partial charge in [0, 0.05) is 19.2 Å². The third-order valence-corrected chi connectivity index (χ3v) is 3.99. The van der Waals surface area contributed by atoms with E-state index in [0.717, 1.165) is 43.0 Å². The van der Waals surface area contributed by atoms with Crippen LogP contribution in [0.3, 0.4) is 0 Å². The van der Waals surface area contributed by atoms with Gasteiger partial charge in [-0.15, -0.1) is 0 Å². The molecule has 1 N–H and O–H groups in total. The molecule has 1 aliphatic rings. The molecule has 0 radical (unpaired) electrons. The van der Waals surface area contributed by atoms with E-state index in [9.17, 15) is 0 Å². The minimum atomic E-state index is 0.652. The van der Waals surface area contributed by atoms with Crippen molar-refractivity contribution in [1.82, 2.24) is 19.9 Å². The number of halogens is 1. The summed E-state index contributed by atoms with van der Waals surface area (Å²) in [6, 6.07) is 1.90. The minimum absolute atomic E-state index is 0.652. The molecule has 0 aromatic carbocycles. The molecule has 0 aliphatic carbocycles. The van der Waals surface area contributed by atoms with Crippen LogP contribution in [-0.4, -0.2) is 27.6 Å². The van der Waals surface area contributed by atoms with Crippen LogP contribution in [0.25, 0.3) is 11.2 Å². The zero-order valence-electron chi connectivity index (χ0n) is 11.2. The van der Waals surface area contributed by atoms with Crippen molar-refractivity contribution >= 4 is 22.8 Å². The van der Waals surface area contributed by atoms with E-state index in [1.165, 1.54) is 12.8 Å². The molecule has 5 heteroatoms. The van der Waals surface area contributed by atoms with E-state index in [4.69, 9.17) is 11.6 Å².